The lowest BCUT2D eigenvalue weighted by Gasteiger charge is -2.57. The predicted octanol–water partition coefficient (Wildman–Crippen LogP) is 3.98. The van der Waals surface area contributed by atoms with Crippen LogP contribution in [-0.4, -0.2) is 13.6 Å². The number of nitrogens with one attached hydrogen (secondary N) is 1. The summed E-state index contributed by atoms with van der Waals surface area (Å²) in [4.78, 5) is 1.78. The van der Waals surface area contributed by atoms with Crippen LogP contribution in [0.25, 0.3) is 0 Å². The van der Waals surface area contributed by atoms with Crippen molar-refractivity contribution in [2.45, 2.75) is 50.4 Å². The molecular weight excluding hydrogens is 250 g/mol. The first-order valence-corrected chi connectivity index (χ1v) is 8.88. The molecule has 104 valence electrons. The first-order valence-electron chi connectivity index (χ1n) is 8.00. The zero-order valence-electron chi connectivity index (χ0n) is 12.0. The van der Waals surface area contributed by atoms with Crippen molar-refractivity contribution in [3.63, 3.8) is 0 Å². The first-order chi connectivity index (χ1) is 9.29. The Bertz CT molecular complexity index is 426. The molecule has 4 bridgehead atoms. The Morgan fingerprint density at radius 3 is 2.37 bits per heavy atom. The maximum Gasteiger partial charge on any atom is 0.0140 e. The van der Waals surface area contributed by atoms with E-state index >= 15 is 0 Å². The topological polar surface area (TPSA) is 12.0 Å². The van der Waals surface area contributed by atoms with Crippen LogP contribution >= 0.6 is 11.3 Å². The Morgan fingerprint density at radius 2 is 1.79 bits per heavy atom. The van der Waals surface area contributed by atoms with Crippen molar-refractivity contribution in [2.24, 2.45) is 17.8 Å². The van der Waals surface area contributed by atoms with E-state index in [0.29, 0.717) is 5.41 Å². The van der Waals surface area contributed by atoms with E-state index in [2.05, 4.69) is 35.1 Å². The number of likely N-dealkylation sites (N-methyl/N-ethyl adjacent to an activating group) is 1. The Hall–Kier alpha value is -0.340. The van der Waals surface area contributed by atoms with Crippen LogP contribution in [0.4, 0.5) is 0 Å². The van der Waals surface area contributed by atoms with Crippen molar-refractivity contribution >= 4 is 11.3 Å². The molecule has 4 aliphatic carbocycles. The van der Waals surface area contributed by atoms with Gasteiger partial charge in [0.25, 0.3) is 0 Å². The molecule has 1 aromatic rings. The summed E-state index contributed by atoms with van der Waals surface area (Å²) in [5.74, 6) is 3.18. The minimum Gasteiger partial charge on any atom is -0.319 e. The zero-order valence-corrected chi connectivity index (χ0v) is 12.8. The molecule has 0 amide bonds. The van der Waals surface area contributed by atoms with E-state index < -0.39 is 0 Å². The summed E-state index contributed by atoms with van der Waals surface area (Å²) >= 11 is 2.06. The van der Waals surface area contributed by atoms with E-state index in [1.54, 1.807) is 29.7 Å². The van der Waals surface area contributed by atoms with E-state index in [9.17, 15) is 0 Å². The number of thiophene rings is 1. The third-order valence-electron chi connectivity index (χ3n) is 5.91. The van der Waals surface area contributed by atoms with Crippen molar-refractivity contribution < 1.29 is 0 Å². The second-order valence-electron chi connectivity index (χ2n) is 7.33. The maximum atomic E-state index is 3.31. The molecule has 19 heavy (non-hydrogen) atoms. The zero-order chi connectivity index (χ0) is 12.9. The Kier molecular flexibility index (Phi) is 3.00. The molecular formula is C17H25NS. The number of rotatable bonds is 4. The Labute approximate surface area is 120 Å². The fourth-order valence-corrected chi connectivity index (χ4v) is 6.84. The summed E-state index contributed by atoms with van der Waals surface area (Å²) in [5.41, 5.74) is 2.26. The van der Waals surface area contributed by atoms with Crippen LogP contribution < -0.4 is 5.32 Å². The molecule has 5 rings (SSSR count). The predicted molar refractivity (Wildman–Crippen MR) is 81.8 cm³/mol. The normalized spacial score (nSPS) is 39.9. The van der Waals surface area contributed by atoms with Crippen molar-refractivity contribution in [2.75, 3.05) is 13.6 Å². The molecule has 0 spiro atoms. The molecule has 1 nitrogen and oxygen atoms in total. The van der Waals surface area contributed by atoms with Gasteiger partial charge in [0.1, 0.15) is 0 Å². The van der Waals surface area contributed by atoms with Gasteiger partial charge in [-0.1, -0.05) is 0 Å². The molecule has 0 atom stereocenters. The van der Waals surface area contributed by atoms with Crippen LogP contribution in [0.5, 0.6) is 0 Å². The Morgan fingerprint density at radius 1 is 1.16 bits per heavy atom. The van der Waals surface area contributed by atoms with Gasteiger partial charge in [-0.25, -0.2) is 0 Å². The molecule has 1 heterocycles. The van der Waals surface area contributed by atoms with E-state index in [4.69, 9.17) is 0 Å². The monoisotopic (exact) mass is 275 g/mol. The van der Waals surface area contributed by atoms with Crippen LogP contribution in [0.3, 0.4) is 0 Å². The van der Waals surface area contributed by atoms with Crippen molar-refractivity contribution in [3.8, 4) is 0 Å². The van der Waals surface area contributed by atoms with Crippen LogP contribution in [-0.2, 0) is 11.8 Å². The summed E-state index contributed by atoms with van der Waals surface area (Å²) in [6.07, 6.45) is 10.4. The van der Waals surface area contributed by atoms with Gasteiger partial charge in [-0.2, -0.15) is 0 Å². The van der Waals surface area contributed by atoms with Gasteiger partial charge < -0.3 is 5.32 Å². The van der Waals surface area contributed by atoms with Gasteiger partial charge >= 0.3 is 0 Å². The largest absolute Gasteiger partial charge is 0.319 e. The van der Waals surface area contributed by atoms with Gasteiger partial charge in [-0.05, 0) is 93.3 Å². The molecule has 2 heteroatoms. The van der Waals surface area contributed by atoms with E-state index in [-0.39, 0.29) is 0 Å². The molecule has 0 aromatic carbocycles. The second kappa shape index (κ2) is 4.60. The number of hydrogen-bond acceptors (Lipinski definition) is 2. The minimum atomic E-state index is 0.603. The molecule has 0 aliphatic heterocycles. The summed E-state index contributed by atoms with van der Waals surface area (Å²) in [6.45, 7) is 1.12. The third kappa shape index (κ3) is 1.99. The summed E-state index contributed by atoms with van der Waals surface area (Å²) in [7, 11) is 2.07. The van der Waals surface area contributed by atoms with Gasteiger partial charge in [-0.15, -0.1) is 11.3 Å². The lowest BCUT2D eigenvalue weighted by atomic mass is 9.49. The van der Waals surface area contributed by atoms with Gasteiger partial charge in [0.2, 0.25) is 0 Å². The van der Waals surface area contributed by atoms with Crippen molar-refractivity contribution in [1.82, 2.24) is 5.32 Å². The van der Waals surface area contributed by atoms with E-state index in [1.807, 2.05) is 0 Å². The molecule has 1 aromatic heterocycles. The summed E-state index contributed by atoms with van der Waals surface area (Å²) in [5, 5.41) is 5.66. The van der Waals surface area contributed by atoms with Crippen molar-refractivity contribution in [1.29, 1.82) is 0 Å². The highest BCUT2D eigenvalue weighted by atomic mass is 32.1. The first kappa shape index (κ1) is 12.4. The van der Waals surface area contributed by atoms with Crippen LogP contribution in [0.2, 0.25) is 0 Å². The molecule has 4 fully saturated rings. The van der Waals surface area contributed by atoms with Crippen LogP contribution in [0, 0.1) is 17.8 Å². The molecule has 4 saturated carbocycles. The Balaban J connectivity index is 1.66. The maximum absolute atomic E-state index is 3.31. The van der Waals surface area contributed by atoms with Gasteiger partial charge in [-0.3, -0.25) is 0 Å². The average Bonchev–Trinajstić information content (AvgIpc) is 2.83. The van der Waals surface area contributed by atoms with Crippen molar-refractivity contribution in [3.05, 3.63) is 21.9 Å². The highest BCUT2D eigenvalue weighted by Gasteiger charge is 2.52. The minimum absolute atomic E-state index is 0.603. The quantitative estimate of drug-likeness (QED) is 0.876. The van der Waals surface area contributed by atoms with Gasteiger partial charge in [0.05, 0.1) is 0 Å². The fraction of sp³-hybridized carbons (Fsp3) is 0.765. The molecule has 4 aliphatic rings. The average molecular weight is 275 g/mol. The molecule has 0 saturated heterocycles. The smallest absolute Gasteiger partial charge is 0.0140 e. The van der Waals surface area contributed by atoms with Gasteiger partial charge in [0, 0.05) is 10.3 Å². The number of hydrogen-bond donors (Lipinski definition) is 1. The summed E-state index contributed by atoms with van der Waals surface area (Å²) in [6, 6.07) is 2.40. The standard InChI is InChI=1S/C17H25NS/c1-18-4-2-15-3-5-19-16(15)17-9-12-6-13(10-17)8-14(7-12)11-17/h3,5,12-14,18H,2,4,6-11H2,1H3. The highest BCUT2D eigenvalue weighted by Crippen LogP contribution is 2.61. The van der Waals surface area contributed by atoms with Gasteiger partial charge in [0.15, 0.2) is 0 Å². The second-order valence-corrected chi connectivity index (χ2v) is 8.24. The third-order valence-corrected chi connectivity index (χ3v) is 7.11. The summed E-state index contributed by atoms with van der Waals surface area (Å²) < 4.78 is 0. The highest BCUT2D eigenvalue weighted by molar-refractivity contribution is 7.10. The van der Waals surface area contributed by atoms with E-state index in [1.165, 1.54) is 25.7 Å². The van der Waals surface area contributed by atoms with Crippen LogP contribution in [0.1, 0.15) is 49.0 Å². The SMILES string of the molecule is CNCCc1ccsc1C12CC3CC(CC(C3)C1)C2. The molecule has 1 N–H and O–H groups in total. The van der Waals surface area contributed by atoms with Crippen LogP contribution in [0.15, 0.2) is 11.4 Å². The van der Waals surface area contributed by atoms with E-state index in [0.717, 1.165) is 24.3 Å². The molecule has 0 radical (unpaired) electrons. The lowest BCUT2D eigenvalue weighted by Crippen LogP contribution is -2.48. The fourth-order valence-electron chi connectivity index (χ4n) is 5.65. The molecule has 0 unspecified atom stereocenters. The lowest BCUT2D eigenvalue weighted by molar-refractivity contribution is -0.00381.